The summed E-state index contributed by atoms with van der Waals surface area (Å²) in [6.07, 6.45) is 10.6. The minimum atomic E-state index is 0.172. The molecule has 2 fully saturated rings. The van der Waals surface area contributed by atoms with Gasteiger partial charge in [-0.3, -0.25) is 4.79 Å². The van der Waals surface area contributed by atoms with Gasteiger partial charge in [-0.2, -0.15) is 0 Å². The molecule has 2 aliphatic rings. The molecule has 0 radical (unpaired) electrons. The molecule has 0 aromatic carbocycles. The van der Waals surface area contributed by atoms with Crippen LogP contribution in [0.5, 0.6) is 0 Å². The zero-order valence-corrected chi connectivity index (χ0v) is 10.1. The lowest BCUT2D eigenvalue weighted by molar-refractivity contribution is -0.120. The van der Waals surface area contributed by atoms with Crippen LogP contribution in [0, 0.1) is 5.92 Å². The Hall–Kier alpha value is -0.570. The molecule has 0 atom stereocenters. The summed E-state index contributed by atoms with van der Waals surface area (Å²) in [6, 6.07) is 0.493. The van der Waals surface area contributed by atoms with Gasteiger partial charge in [0.25, 0.3) is 0 Å². The van der Waals surface area contributed by atoms with Gasteiger partial charge in [0.05, 0.1) is 6.54 Å². The van der Waals surface area contributed by atoms with E-state index >= 15 is 0 Å². The number of hydrogen-bond acceptors (Lipinski definition) is 2. The van der Waals surface area contributed by atoms with Gasteiger partial charge in [0.15, 0.2) is 0 Å². The molecule has 3 heteroatoms. The van der Waals surface area contributed by atoms with E-state index in [1.54, 1.807) is 0 Å². The topological polar surface area (TPSA) is 41.1 Å². The highest BCUT2D eigenvalue weighted by Gasteiger charge is 2.22. The van der Waals surface area contributed by atoms with Crippen LogP contribution >= 0.6 is 0 Å². The Labute approximate surface area is 98.4 Å². The molecule has 16 heavy (non-hydrogen) atoms. The molecule has 0 aromatic heterocycles. The number of rotatable bonds is 6. The zero-order valence-electron chi connectivity index (χ0n) is 10.1. The van der Waals surface area contributed by atoms with Gasteiger partial charge < -0.3 is 10.6 Å². The normalized spacial score (nSPS) is 22.0. The minimum absolute atomic E-state index is 0.172. The summed E-state index contributed by atoms with van der Waals surface area (Å²) in [6.45, 7) is 1.51. The Morgan fingerprint density at radius 1 is 1.06 bits per heavy atom. The second kappa shape index (κ2) is 6.24. The number of nitrogens with one attached hydrogen (secondary N) is 2. The van der Waals surface area contributed by atoms with Crippen LogP contribution in [0.1, 0.15) is 51.4 Å². The van der Waals surface area contributed by atoms with Crippen molar-refractivity contribution in [2.45, 2.75) is 57.4 Å². The number of carbonyl (C=O) groups is 1. The van der Waals surface area contributed by atoms with Gasteiger partial charge in [0.2, 0.25) is 5.91 Å². The predicted molar refractivity (Wildman–Crippen MR) is 65.2 cm³/mol. The summed E-state index contributed by atoms with van der Waals surface area (Å²) in [5, 5.41) is 6.24. The summed E-state index contributed by atoms with van der Waals surface area (Å²) >= 11 is 0. The predicted octanol–water partition coefficient (Wildman–Crippen LogP) is 1.82. The third-order valence-electron chi connectivity index (χ3n) is 3.68. The largest absolute Gasteiger partial charge is 0.352 e. The van der Waals surface area contributed by atoms with Crippen molar-refractivity contribution < 1.29 is 4.79 Å². The van der Waals surface area contributed by atoms with Crippen LogP contribution in [0.4, 0.5) is 0 Å². The highest BCUT2D eigenvalue weighted by molar-refractivity contribution is 5.78. The highest BCUT2D eigenvalue weighted by Crippen LogP contribution is 2.25. The summed E-state index contributed by atoms with van der Waals surface area (Å²) < 4.78 is 0. The molecular formula is C13H24N2O. The zero-order chi connectivity index (χ0) is 11.2. The quantitative estimate of drug-likeness (QED) is 0.676. The van der Waals surface area contributed by atoms with Crippen LogP contribution in [0.15, 0.2) is 0 Å². The summed E-state index contributed by atoms with van der Waals surface area (Å²) in [5.41, 5.74) is 0. The molecule has 0 saturated heterocycles. The Balaban J connectivity index is 1.45. The molecule has 1 amide bonds. The fourth-order valence-corrected chi connectivity index (χ4v) is 2.49. The van der Waals surface area contributed by atoms with Gasteiger partial charge in [-0.15, -0.1) is 0 Å². The van der Waals surface area contributed by atoms with Crippen molar-refractivity contribution >= 4 is 5.91 Å². The van der Waals surface area contributed by atoms with Crippen LogP contribution in [0.25, 0.3) is 0 Å². The van der Waals surface area contributed by atoms with E-state index in [1.165, 1.54) is 51.4 Å². The Kier molecular flexibility index (Phi) is 4.64. The molecule has 0 aromatic rings. The summed E-state index contributed by atoms with van der Waals surface area (Å²) in [4.78, 5) is 11.4. The van der Waals surface area contributed by atoms with E-state index in [0.717, 1.165) is 12.5 Å². The minimum Gasteiger partial charge on any atom is -0.352 e. The van der Waals surface area contributed by atoms with E-state index in [4.69, 9.17) is 0 Å². The van der Waals surface area contributed by atoms with Crippen LogP contribution in [0.3, 0.4) is 0 Å². The lowest BCUT2D eigenvalue weighted by Gasteiger charge is -2.21. The Morgan fingerprint density at radius 2 is 1.81 bits per heavy atom. The standard InChI is InChI=1S/C13H24N2O/c16-13(15-12-6-7-12)10-14-9-8-11-4-2-1-3-5-11/h11-12,14H,1-10H2,(H,15,16). The maximum absolute atomic E-state index is 11.4. The smallest absolute Gasteiger partial charge is 0.234 e. The van der Waals surface area contributed by atoms with Gasteiger partial charge in [0.1, 0.15) is 0 Å². The average molecular weight is 224 g/mol. The molecule has 3 nitrogen and oxygen atoms in total. The molecule has 0 heterocycles. The third kappa shape index (κ3) is 4.52. The van der Waals surface area contributed by atoms with E-state index in [-0.39, 0.29) is 5.91 Å². The molecule has 2 rings (SSSR count). The third-order valence-corrected chi connectivity index (χ3v) is 3.68. The van der Waals surface area contributed by atoms with Crippen molar-refractivity contribution in [3.63, 3.8) is 0 Å². The monoisotopic (exact) mass is 224 g/mol. The van der Waals surface area contributed by atoms with Gasteiger partial charge in [-0.1, -0.05) is 32.1 Å². The molecule has 92 valence electrons. The van der Waals surface area contributed by atoms with E-state index in [9.17, 15) is 4.79 Å². The van der Waals surface area contributed by atoms with Gasteiger partial charge in [-0.25, -0.2) is 0 Å². The van der Waals surface area contributed by atoms with E-state index in [0.29, 0.717) is 12.6 Å². The summed E-state index contributed by atoms with van der Waals surface area (Å²) in [5.74, 6) is 1.08. The van der Waals surface area contributed by atoms with Crippen molar-refractivity contribution in [2.24, 2.45) is 5.92 Å². The van der Waals surface area contributed by atoms with E-state index in [1.807, 2.05) is 0 Å². The van der Waals surface area contributed by atoms with Crippen LogP contribution in [0.2, 0.25) is 0 Å². The number of hydrogen-bond donors (Lipinski definition) is 2. The number of amides is 1. The maximum Gasteiger partial charge on any atom is 0.234 e. The SMILES string of the molecule is O=C(CNCCC1CCCCC1)NC1CC1. The highest BCUT2D eigenvalue weighted by atomic mass is 16.2. The first-order valence-corrected chi connectivity index (χ1v) is 6.84. The van der Waals surface area contributed by atoms with E-state index in [2.05, 4.69) is 10.6 Å². The molecular weight excluding hydrogens is 200 g/mol. The molecule has 2 aliphatic carbocycles. The first kappa shape index (κ1) is 11.9. The van der Waals surface area contributed by atoms with Crippen LogP contribution in [-0.2, 0) is 4.79 Å². The van der Waals surface area contributed by atoms with Crippen molar-refractivity contribution in [3.8, 4) is 0 Å². The first-order valence-electron chi connectivity index (χ1n) is 6.84. The van der Waals surface area contributed by atoms with Gasteiger partial charge >= 0.3 is 0 Å². The first-order chi connectivity index (χ1) is 7.84. The lowest BCUT2D eigenvalue weighted by Crippen LogP contribution is -2.35. The van der Waals surface area contributed by atoms with Crippen LogP contribution in [-0.4, -0.2) is 25.0 Å². The number of carbonyl (C=O) groups excluding carboxylic acids is 1. The maximum atomic E-state index is 11.4. The lowest BCUT2D eigenvalue weighted by atomic mass is 9.87. The molecule has 0 unspecified atom stereocenters. The average Bonchev–Trinajstić information content (AvgIpc) is 3.10. The fourth-order valence-electron chi connectivity index (χ4n) is 2.49. The van der Waals surface area contributed by atoms with Gasteiger partial charge in [0, 0.05) is 6.04 Å². The fraction of sp³-hybridized carbons (Fsp3) is 0.923. The summed E-state index contributed by atoms with van der Waals surface area (Å²) in [7, 11) is 0. The Bertz CT molecular complexity index is 220. The van der Waals surface area contributed by atoms with Crippen molar-refractivity contribution in [3.05, 3.63) is 0 Å². The molecule has 2 N–H and O–H groups in total. The van der Waals surface area contributed by atoms with Crippen molar-refractivity contribution in [2.75, 3.05) is 13.1 Å². The molecule has 2 saturated carbocycles. The van der Waals surface area contributed by atoms with Crippen molar-refractivity contribution in [1.29, 1.82) is 0 Å². The Morgan fingerprint density at radius 3 is 2.50 bits per heavy atom. The second-order valence-electron chi connectivity index (χ2n) is 5.31. The van der Waals surface area contributed by atoms with Crippen molar-refractivity contribution in [1.82, 2.24) is 10.6 Å². The molecule has 0 bridgehead atoms. The molecule has 0 spiro atoms. The van der Waals surface area contributed by atoms with Crippen LogP contribution < -0.4 is 10.6 Å². The van der Waals surface area contributed by atoms with Gasteiger partial charge in [-0.05, 0) is 31.7 Å². The van der Waals surface area contributed by atoms with E-state index < -0.39 is 0 Å². The second-order valence-corrected chi connectivity index (χ2v) is 5.31. The molecule has 0 aliphatic heterocycles.